The van der Waals surface area contributed by atoms with Crippen molar-refractivity contribution in [1.82, 2.24) is 9.88 Å². The van der Waals surface area contributed by atoms with Crippen LogP contribution in [0.15, 0.2) is 55.4 Å². The van der Waals surface area contributed by atoms with Gasteiger partial charge in [0.2, 0.25) is 0 Å². The summed E-state index contributed by atoms with van der Waals surface area (Å²) in [6, 6.07) is 11.6. The van der Waals surface area contributed by atoms with Gasteiger partial charge < -0.3 is 9.64 Å². The second-order valence-corrected chi connectivity index (χ2v) is 7.18. The number of nitrogens with zero attached hydrogens (tertiary/aromatic N) is 3. The summed E-state index contributed by atoms with van der Waals surface area (Å²) in [5.41, 5.74) is 2.65. The number of hydrogen-bond acceptors (Lipinski definition) is 5. The molecule has 0 atom stereocenters. The molecule has 0 radical (unpaired) electrons. The fourth-order valence-corrected chi connectivity index (χ4v) is 3.95. The van der Waals surface area contributed by atoms with E-state index in [0.717, 1.165) is 16.9 Å². The van der Waals surface area contributed by atoms with Crippen LogP contribution in [-0.4, -0.2) is 42.1 Å². The van der Waals surface area contributed by atoms with E-state index in [1.54, 1.807) is 6.20 Å². The Hall–Kier alpha value is -1.58. The zero-order valence-corrected chi connectivity index (χ0v) is 16.6. The van der Waals surface area contributed by atoms with Gasteiger partial charge in [0, 0.05) is 66.9 Å². The number of aromatic nitrogens is 1. The minimum atomic E-state index is 0.0499. The van der Waals surface area contributed by atoms with Crippen molar-refractivity contribution in [2.24, 2.45) is 0 Å². The lowest BCUT2D eigenvalue weighted by molar-refractivity contribution is 0.0303. The lowest BCUT2D eigenvalue weighted by Crippen LogP contribution is -2.40. The molecule has 2 aromatic rings. The summed E-state index contributed by atoms with van der Waals surface area (Å²) in [6.45, 7) is 6.27. The van der Waals surface area contributed by atoms with Crippen LogP contribution < -0.4 is 4.31 Å². The highest BCUT2D eigenvalue weighted by Crippen LogP contribution is 2.28. The van der Waals surface area contributed by atoms with Crippen molar-refractivity contribution in [2.45, 2.75) is 0 Å². The van der Waals surface area contributed by atoms with Gasteiger partial charge >= 0.3 is 0 Å². The molecule has 130 valence electrons. The van der Waals surface area contributed by atoms with Crippen LogP contribution in [0.2, 0.25) is 0 Å². The molecule has 1 saturated heterocycles. The van der Waals surface area contributed by atoms with E-state index in [-0.39, 0.29) is 5.91 Å². The van der Waals surface area contributed by atoms with Crippen LogP contribution in [0.1, 0.15) is 10.4 Å². The Balaban J connectivity index is 1.81. The predicted octanol–water partition coefficient (Wildman–Crippen LogP) is 4.17. The molecule has 1 fully saturated rings. The Morgan fingerprint density at radius 1 is 1.28 bits per heavy atom. The van der Waals surface area contributed by atoms with E-state index in [1.807, 2.05) is 51.8 Å². The summed E-state index contributed by atoms with van der Waals surface area (Å²) in [5.74, 6) is 0.868. The average molecular weight is 467 g/mol. The molecule has 0 spiro atoms. The van der Waals surface area contributed by atoms with Gasteiger partial charge in [-0.2, -0.15) is 0 Å². The molecule has 0 unspecified atom stereocenters. The molecule has 2 heterocycles. The molecule has 0 saturated carbocycles. The summed E-state index contributed by atoms with van der Waals surface area (Å²) in [5, 5.41) is 0. The highest BCUT2D eigenvalue weighted by molar-refractivity contribution is 14.2. The van der Waals surface area contributed by atoms with Crippen molar-refractivity contribution < 1.29 is 9.53 Å². The van der Waals surface area contributed by atoms with Crippen molar-refractivity contribution in [1.29, 1.82) is 0 Å². The first-order chi connectivity index (χ1) is 12.2. The van der Waals surface area contributed by atoms with Gasteiger partial charge in [-0.25, -0.2) is 4.98 Å². The number of ether oxygens (including phenoxy) is 1. The summed E-state index contributed by atoms with van der Waals surface area (Å²) in [4.78, 5) is 19.0. The average Bonchev–Trinajstić information content (AvgIpc) is 2.70. The largest absolute Gasteiger partial charge is 0.378 e. The molecule has 3 rings (SSSR count). The zero-order valence-electron chi connectivity index (χ0n) is 13.6. The number of carbonyl (C=O) groups excluding carboxylic acids is 1. The normalized spacial score (nSPS) is 14.2. The molecule has 1 amide bonds. The number of pyridine rings is 1. The van der Waals surface area contributed by atoms with Crippen molar-refractivity contribution >= 4 is 42.0 Å². The molecule has 5 nitrogen and oxygen atoms in total. The Morgan fingerprint density at radius 3 is 2.72 bits per heavy atom. The number of morpholine rings is 1. The number of carbonyl (C=O) groups is 1. The maximum atomic E-state index is 12.6. The fraction of sp³-hybridized carbons (Fsp3) is 0.222. The highest BCUT2D eigenvalue weighted by atomic mass is 127. The highest BCUT2D eigenvalue weighted by Gasteiger charge is 2.18. The third-order valence-corrected chi connectivity index (χ3v) is 5.71. The summed E-state index contributed by atoms with van der Waals surface area (Å²) >= 11 is 2.19. The van der Waals surface area contributed by atoms with Crippen LogP contribution in [0.25, 0.3) is 11.1 Å². The van der Waals surface area contributed by atoms with Crippen molar-refractivity contribution in [3.8, 4) is 11.1 Å². The smallest absolute Gasteiger partial charge is 0.254 e. The minimum absolute atomic E-state index is 0.0499. The molecular formula is C18H18IN3O2S. The van der Waals surface area contributed by atoms with Gasteiger partial charge in [-0.3, -0.25) is 9.10 Å². The van der Waals surface area contributed by atoms with Crippen molar-refractivity contribution in [3.05, 3.63) is 60.9 Å². The van der Waals surface area contributed by atoms with Crippen molar-refractivity contribution in [2.75, 3.05) is 30.6 Å². The number of anilines is 1. The molecular weight excluding hydrogens is 449 g/mol. The lowest BCUT2D eigenvalue weighted by Gasteiger charge is -2.27. The standard InChI is InChI=1S/C18H18IN3O2S/c1-2-22(25-19)17-7-6-16(13-20-17)14-4-3-5-15(12-14)18(23)21-8-10-24-11-9-21/h2-7,12-13H,1,8-11H2. The maximum Gasteiger partial charge on any atom is 0.254 e. The topological polar surface area (TPSA) is 45.7 Å². The van der Waals surface area contributed by atoms with Gasteiger partial charge in [-0.1, -0.05) is 18.7 Å². The lowest BCUT2D eigenvalue weighted by atomic mass is 10.0. The number of hydrogen-bond donors (Lipinski definition) is 0. The van der Waals surface area contributed by atoms with Crippen LogP contribution in [0.3, 0.4) is 0 Å². The van der Waals surface area contributed by atoms with E-state index in [2.05, 4.69) is 32.8 Å². The Bertz CT molecular complexity index is 748. The van der Waals surface area contributed by atoms with E-state index in [1.165, 1.54) is 9.12 Å². The summed E-state index contributed by atoms with van der Waals surface area (Å²) in [6.07, 6.45) is 3.54. The predicted molar refractivity (Wildman–Crippen MR) is 111 cm³/mol. The molecule has 0 aliphatic carbocycles. The number of amides is 1. The summed E-state index contributed by atoms with van der Waals surface area (Å²) in [7, 11) is 1.51. The zero-order chi connectivity index (χ0) is 17.6. The van der Waals surface area contributed by atoms with Crippen molar-refractivity contribution in [3.63, 3.8) is 0 Å². The van der Waals surface area contributed by atoms with Crippen LogP contribution in [-0.2, 0) is 4.74 Å². The third kappa shape index (κ3) is 4.34. The van der Waals surface area contributed by atoms with E-state index in [4.69, 9.17) is 4.74 Å². The Labute approximate surface area is 163 Å². The van der Waals surface area contributed by atoms with Gasteiger partial charge in [0.1, 0.15) is 5.82 Å². The first-order valence-corrected chi connectivity index (χ1v) is 11.2. The van der Waals surface area contributed by atoms with Crippen LogP contribution in [0.5, 0.6) is 0 Å². The van der Waals surface area contributed by atoms with E-state index < -0.39 is 0 Å². The SMILES string of the molecule is C=CN(SI)c1ccc(-c2cccc(C(=O)N3CCOCC3)c2)cn1. The second kappa shape index (κ2) is 8.68. The second-order valence-electron chi connectivity index (χ2n) is 5.47. The maximum absolute atomic E-state index is 12.6. The Kier molecular flexibility index (Phi) is 6.33. The van der Waals surface area contributed by atoms with E-state index in [9.17, 15) is 4.79 Å². The number of rotatable bonds is 5. The van der Waals surface area contributed by atoms with Crippen LogP contribution in [0, 0.1) is 0 Å². The van der Waals surface area contributed by atoms with E-state index >= 15 is 0 Å². The van der Waals surface area contributed by atoms with Gasteiger partial charge in [0.05, 0.1) is 13.2 Å². The molecule has 1 aromatic heterocycles. The third-order valence-electron chi connectivity index (χ3n) is 3.95. The molecule has 1 aliphatic heterocycles. The number of benzene rings is 1. The van der Waals surface area contributed by atoms with E-state index in [0.29, 0.717) is 31.9 Å². The molecule has 7 heteroatoms. The van der Waals surface area contributed by atoms with Gasteiger partial charge in [-0.15, -0.1) is 0 Å². The molecule has 1 aliphatic rings. The summed E-state index contributed by atoms with van der Waals surface area (Å²) < 4.78 is 7.19. The Morgan fingerprint density at radius 2 is 2.08 bits per heavy atom. The minimum Gasteiger partial charge on any atom is -0.378 e. The van der Waals surface area contributed by atoms with Crippen LogP contribution >= 0.6 is 30.3 Å². The van der Waals surface area contributed by atoms with Crippen LogP contribution in [0.4, 0.5) is 5.82 Å². The fourth-order valence-electron chi connectivity index (χ4n) is 2.63. The van der Waals surface area contributed by atoms with Gasteiger partial charge in [0.25, 0.3) is 5.91 Å². The molecule has 0 bridgehead atoms. The van der Waals surface area contributed by atoms with Gasteiger partial charge in [-0.05, 0) is 29.8 Å². The molecule has 1 aromatic carbocycles. The molecule has 0 N–H and O–H groups in total. The quantitative estimate of drug-likeness (QED) is 0.488. The first kappa shape index (κ1) is 18.2. The monoisotopic (exact) mass is 467 g/mol. The first-order valence-electron chi connectivity index (χ1n) is 7.87. The number of halogens is 1. The van der Waals surface area contributed by atoms with Gasteiger partial charge in [0.15, 0.2) is 0 Å². The molecule has 25 heavy (non-hydrogen) atoms.